The Balaban J connectivity index is 0.000000962. The van der Waals surface area contributed by atoms with Crippen LogP contribution in [0.4, 0.5) is 11.4 Å². The predicted molar refractivity (Wildman–Crippen MR) is 244 cm³/mol. The van der Waals surface area contributed by atoms with Crippen molar-refractivity contribution in [3.8, 4) is 24.3 Å². The summed E-state index contributed by atoms with van der Waals surface area (Å²) in [6, 6.07) is 20.1. The van der Waals surface area contributed by atoms with Gasteiger partial charge < -0.3 is 35.8 Å². The Kier molecular flexibility index (Phi) is 24.6. The third kappa shape index (κ3) is 16.7. The third-order valence-corrected chi connectivity index (χ3v) is 10.3. The molecule has 330 valence electrons. The number of aliphatic hydroxyl groups excluding tert-OH is 2. The topological polar surface area (TPSA) is 194 Å². The quantitative estimate of drug-likeness (QED) is 0.0441. The largest absolute Gasteiger partial charge is 0.497 e. The molecule has 15 heteroatoms. The number of hydrogen-bond acceptors (Lipinski definition) is 9. The van der Waals surface area contributed by atoms with E-state index < -0.39 is 35.9 Å². The lowest BCUT2D eigenvalue weighted by Gasteiger charge is -2.21. The number of carboxylic acids is 1. The summed E-state index contributed by atoms with van der Waals surface area (Å²) in [6.07, 6.45) is 4.33. The Morgan fingerprint density at radius 3 is 1.45 bits per heavy atom. The molecule has 4 aromatic rings. The van der Waals surface area contributed by atoms with Crippen LogP contribution in [0, 0.1) is 51.7 Å². The number of carboxylic acid groups (broad SMARTS) is 1. The molecular weight excluding hydrogens is 835 g/mol. The molecule has 4 rings (SSSR count). The molecule has 0 aliphatic heterocycles. The van der Waals surface area contributed by atoms with Gasteiger partial charge in [0, 0.05) is 11.1 Å². The number of aliphatic hydroxyl groups is 2. The summed E-state index contributed by atoms with van der Waals surface area (Å²) in [5, 5.41) is 31.9. The lowest BCUT2D eigenvalue weighted by atomic mass is 9.91. The first-order valence-electron chi connectivity index (χ1n) is 18.9. The first kappa shape index (κ1) is 53.8. The lowest BCUT2D eigenvalue weighted by Crippen LogP contribution is -2.40. The number of terminal acetylenes is 1. The number of methoxy groups -OCH3 is 2. The third-order valence-electron chi connectivity index (χ3n) is 9.33. The molecule has 0 saturated carbocycles. The molecule has 4 atom stereocenters. The highest BCUT2D eigenvalue weighted by Crippen LogP contribution is 2.33. The van der Waals surface area contributed by atoms with Gasteiger partial charge in [-0.05, 0) is 111 Å². The minimum atomic E-state index is -1.05. The number of aliphatic carboxylic acids is 1. The van der Waals surface area contributed by atoms with Crippen LogP contribution in [0.2, 0.25) is 10.0 Å². The van der Waals surface area contributed by atoms with E-state index in [4.69, 9.17) is 58.0 Å². The van der Waals surface area contributed by atoms with Crippen molar-refractivity contribution in [1.82, 2.24) is 5.32 Å². The number of halogens is 2. The van der Waals surface area contributed by atoms with E-state index in [1.165, 1.54) is 27.4 Å². The first-order chi connectivity index (χ1) is 29.3. The Morgan fingerprint density at radius 2 is 1.13 bits per heavy atom. The lowest BCUT2D eigenvalue weighted by molar-refractivity contribution is -0.145. The van der Waals surface area contributed by atoms with Crippen molar-refractivity contribution in [1.29, 1.82) is 0 Å². The summed E-state index contributed by atoms with van der Waals surface area (Å²) in [5.41, 5.74) is 9.86. The zero-order chi connectivity index (χ0) is 47.1. The average molecular weight is 891 g/mol. The number of ether oxygens (including phenoxy) is 2. The molecule has 13 nitrogen and oxygen atoms in total. The van der Waals surface area contributed by atoms with Gasteiger partial charge in [0.2, 0.25) is 17.3 Å². The average Bonchev–Trinajstić information content (AvgIpc) is 3.26. The number of ketones is 2. The molecule has 0 radical (unpaired) electrons. The van der Waals surface area contributed by atoms with Crippen LogP contribution in [-0.2, 0) is 22.4 Å². The fraction of sp³-hybridized carbons (Fsp3) is 0.319. The van der Waals surface area contributed by atoms with Gasteiger partial charge in [-0.1, -0.05) is 54.9 Å². The zero-order valence-electron chi connectivity index (χ0n) is 35.7. The van der Waals surface area contributed by atoms with Crippen LogP contribution in [0.1, 0.15) is 65.6 Å². The van der Waals surface area contributed by atoms with Crippen LogP contribution in [0.25, 0.3) is 9.69 Å². The summed E-state index contributed by atoms with van der Waals surface area (Å²) in [7, 11) is 3.12. The second-order valence-corrected chi connectivity index (χ2v) is 14.0. The maximum atomic E-state index is 12.6. The smallest absolute Gasteiger partial charge is 0.309 e. The Labute approximate surface area is 375 Å². The Bertz CT molecular complexity index is 2270. The number of nitrogens with zero attached hydrogens (tertiary/aromatic N) is 2. The minimum Gasteiger partial charge on any atom is -0.497 e. The standard InChI is InChI=1S/C22H23ClN2O4.C13H14ClNO3.C9H11NO2.C2H2.CH4/c1-13-16(7-10-19(24-3)21(13)23)11-18(14(2)26)22(28)25-12-20(27)15-5-8-17(29-4)9-6-15;1-7-9(4-5-11(15-3)12(7)14)6-10(8(2)16)13(17)18;1-12-8-4-2-7(3-5-8)9(11)6-10;1-2;/h5-10,14,18,26H,11-12H2,1-2,4H3,(H,25,28);4-5,8,10,16H,6H2,1-2H3,(H,17,18);2-5H,6,10H2,1H3;1-2H;1H4/t14-,18+;8-,10+;;;/m00.../s1/i;;;1D;. The van der Waals surface area contributed by atoms with Crippen molar-refractivity contribution < 1.29 is 45.3 Å². The molecule has 4 aromatic carbocycles. The molecule has 0 bridgehead atoms. The van der Waals surface area contributed by atoms with Gasteiger partial charge in [0.25, 0.3) is 0 Å². The number of nitrogens with two attached hydrogens (primary N) is 1. The number of nitrogens with one attached hydrogen (secondary N) is 1. The second kappa shape index (κ2) is 28.3. The van der Waals surface area contributed by atoms with Crippen molar-refractivity contribution in [2.45, 2.75) is 60.2 Å². The predicted octanol–water partition coefficient (Wildman–Crippen LogP) is 8.29. The summed E-state index contributed by atoms with van der Waals surface area (Å²) in [5.74, 6) is -2.03. The van der Waals surface area contributed by atoms with E-state index in [1.807, 2.05) is 0 Å². The number of amides is 1. The molecule has 0 aliphatic rings. The van der Waals surface area contributed by atoms with Crippen LogP contribution in [0.3, 0.4) is 0 Å². The maximum Gasteiger partial charge on any atom is 0.309 e. The Hall–Kier alpha value is -6.24. The van der Waals surface area contributed by atoms with Gasteiger partial charge in [0.1, 0.15) is 12.9 Å². The first-order valence-corrected chi connectivity index (χ1v) is 19.2. The van der Waals surface area contributed by atoms with Gasteiger partial charge in [-0.3, -0.25) is 19.2 Å². The molecule has 0 saturated heterocycles. The molecular formula is C47H54Cl2N4O9. The van der Waals surface area contributed by atoms with Crippen LogP contribution in [-0.4, -0.2) is 78.3 Å². The van der Waals surface area contributed by atoms with E-state index in [-0.39, 0.29) is 44.9 Å². The zero-order valence-corrected chi connectivity index (χ0v) is 36.2. The number of Topliss-reactive ketones (excluding diaryl/α,β-unsaturated/α-hetero) is 2. The van der Waals surface area contributed by atoms with Crippen LogP contribution in [0.5, 0.6) is 11.5 Å². The van der Waals surface area contributed by atoms with Gasteiger partial charge in [-0.25, -0.2) is 9.69 Å². The summed E-state index contributed by atoms with van der Waals surface area (Å²) < 4.78 is 15.7. The Morgan fingerprint density at radius 1 is 0.758 bits per heavy atom. The van der Waals surface area contributed by atoms with Gasteiger partial charge in [-0.15, -0.1) is 12.8 Å². The number of hydrogen-bond donors (Lipinski definition) is 5. The molecule has 6 N–H and O–H groups in total. The van der Waals surface area contributed by atoms with Crippen molar-refractivity contribution in [3.63, 3.8) is 0 Å². The van der Waals surface area contributed by atoms with Gasteiger partial charge in [0.15, 0.2) is 11.6 Å². The second-order valence-electron chi connectivity index (χ2n) is 13.3. The number of carbonyl (C=O) groups excluding carboxylic acids is 3. The van der Waals surface area contributed by atoms with Crippen molar-refractivity contribution in [2.75, 3.05) is 27.3 Å². The van der Waals surface area contributed by atoms with E-state index >= 15 is 0 Å². The van der Waals surface area contributed by atoms with E-state index in [0.717, 1.165) is 16.9 Å². The van der Waals surface area contributed by atoms with E-state index in [1.54, 1.807) is 93.8 Å². The van der Waals surface area contributed by atoms with Gasteiger partial charge in [-0.2, -0.15) is 0 Å². The monoisotopic (exact) mass is 889 g/mol. The van der Waals surface area contributed by atoms with Crippen LogP contribution >= 0.6 is 23.2 Å². The van der Waals surface area contributed by atoms with E-state index in [0.29, 0.717) is 49.4 Å². The van der Waals surface area contributed by atoms with Crippen molar-refractivity contribution in [3.05, 3.63) is 139 Å². The maximum absolute atomic E-state index is 12.6. The highest BCUT2D eigenvalue weighted by Gasteiger charge is 2.26. The van der Waals surface area contributed by atoms with Crippen LogP contribution in [0.15, 0.2) is 72.8 Å². The fourth-order valence-corrected chi connectivity index (χ4v) is 5.98. The molecule has 0 heterocycles. The van der Waals surface area contributed by atoms with Crippen molar-refractivity contribution in [2.24, 2.45) is 17.6 Å². The highest BCUT2D eigenvalue weighted by atomic mass is 35.5. The van der Waals surface area contributed by atoms with Crippen molar-refractivity contribution >= 4 is 58.0 Å². The van der Waals surface area contributed by atoms with Crippen LogP contribution < -0.4 is 20.5 Å². The molecule has 0 fully saturated rings. The molecule has 0 aromatic heterocycles. The number of benzene rings is 4. The minimum absolute atomic E-state index is 0. The highest BCUT2D eigenvalue weighted by molar-refractivity contribution is 6.34. The normalized spacial score (nSPS) is 11.8. The SMILES string of the molecule is C.COc1ccc(C(=O)CN)cc1.[2H]C#C.[C-]#[N+]c1ccc(C[C@@H](C(=O)NCC(=O)c2ccc(OC)cc2)[C@H](C)O)c(C)c1Cl.[C-]#[N+]c1ccc(C[C@@H](C(=O)O)[C@H](C)O)c(C)c1Cl. The van der Waals surface area contributed by atoms with E-state index in [9.17, 15) is 29.4 Å². The van der Waals surface area contributed by atoms with E-state index in [2.05, 4.69) is 21.4 Å². The van der Waals surface area contributed by atoms with Gasteiger partial charge >= 0.3 is 5.97 Å². The molecule has 62 heavy (non-hydrogen) atoms. The summed E-state index contributed by atoms with van der Waals surface area (Å²) >= 11 is 12.2. The molecule has 0 spiro atoms. The molecule has 1 amide bonds. The number of rotatable bonds is 15. The molecule has 0 unspecified atom stereocenters. The molecule has 0 aliphatic carbocycles. The van der Waals surface area contributed by atoms with Gasteiger partial charge in [0.05, 0.1) is 74.5 Å². The number of carbonyl (C=O) groups is 4. The fourth-order valence-electron chi connectivity index (χ4n) is 5.53. The summed E-state index contributed by atoms with van der Waals surface area (Å²) in [6.45, 7) is 20.4. The summed E-state index contributed by atoms with van der Waals surface area (Å²) in [4.78, 5) is 53.6.